The first-order chi connectivity index (χ1) is 14.4. The minimum atomic E-state index is 0.755. The molecule has 2 aromatic rings. The van der Waals surface area contributed by atoms with Gasteiger partial charge in [0.2, 0.25) is 0 Å². The summed E-state index contributed by atoms with van der Waals surface area (Å²) in [6.07, 6.45) is 26.0. The van der Waals surface area contributed by atoms with E-state index in [1.165, 1.54) is 108 Å². The summed E-state index contributed by atoms with van der Waals surface area (Å²) >= 11 is 0. The molecule has 1 N–H and O–H groups in total. The number of aromatic amines is 1. The summed E-state index contributed by atoms with van der Waals surface area (Å²) in [4.78, 5) is 15.8. The van der Waals surface area contributed by atoms with Crippen LogP contribution in [0.4, 0.5) is 0 Å². The third-order valence-corrected chi connectivity index (χ3v) is 7.78. The third-order valence-electron chi connectivity index (χ3n) is 5.41. The summed E-state index contributed by atoms with van der Waals surface area (Å²) in [6, 6.07) is 0. The minimum absolute atomic E-state index is 0.755. The predicted molar refractivity (Wildman–Crippen MR) is 130 cm³/mol. The van der Waals surface area contributed by atoms with Crippen LogP contribution in [-0.2, 0) is 0 Å². The molecule has 0 unspecified atom stereocenters. The lowest BCUT2D eigenvalue weighted by molar-refractivity contribution is 0.532. The maximum Gasteiger partial charge on any atom is 0.181 e. The topological polar surface area (TPSA) is 54.5 Å². The summed E-state index contributed by atoms with van der Waals surface area (Å²) in [6.45, 7) is 2.29. The lowest BCUT2D eigenvalue weighted by Crippen LogP contribution is -1.85. The van der Waals surface area contributed by atoms with Crippen molar-refractivity contribution in [3.63, 3.8) is 0 Å². The van der Waals surface area contributed by atoms with Crippen LogP contribution in [0.3, 0.4) is 0 Å². The smallest absolute Gasteiger partial charge is 0.181 e. The molecule has 0 atom stereocenters. The monoisotopic (exact) mass is 436 g/mol. The highest BCUT2D eigenvalue weighted by Gasteiger charge is 2.06. The Morgan fingerprint density at radius 1 is 0.690 bits per heavy atom. The molecular formula is C23H40N4S2. The van der Waals surface area contributed by atoms with E-state index < -0.39 is 0 Å². The number of fused-ring (bicyclic) bond motifs is 1. The van der Waals surface area contributed by atoms with Gasteiger partial charge < -0.3 is 4.98 Å². The number of nitrogens with zero attached hydrogens (tertiary/aromatic N) is 3. The van der Waals surface area contributed by atoms with E-state index in [0.29, 0.717) is 0 Å². The highest BCUT2D eigenvalue weighted by molar-refractivity contribution is 8.76. The number of hydrogen-bond donors (Lipinski definition) is 1. The molecule has 2 rings (SSSR count). The average Bonchev–Trinajstić information content (AvgIpc) is 3.22. The number of hydrogen-bond acceptors (Lipinski definition) is 5. The zero-order valence-corrected chi connectivity index (χ0v) is 20.0. The number of rotatable bonds is 19. The molecule has 0 aromatic carbocycles. The van der Waals surface area contributed by atoms with E-state index in [0.717, 1.165) is 16.2 Å². The fraction of sp³-hybridized carbons (Fsp3) is 0.783. The number of nitrogens with one attached hydrogen (secondary N) is 1. The van der Waals surface area contributed by atoms with Crippen molar-refractivity contribution in [2.75, 3.05) is 5.75 Å². The van der Waals surface area contributed by atoms with Crippen molar-refractivity contribution in [1.29, 1.82) is 0 Å². The molecule has 4 nitrogen and oxygen atoms in total. The Balaban J connectivity index is 1.30. The summed E-state index contributed by atoms with van der Waals surface area (Å²) in [7, 11) is 3.63. The number of unbranched alkanes of at least 4 members (excludes halogenated alkanes) is 15. The van der Waals surface area contributed by atoms with Crippen LogP contribution >= 0.6 is 21.6 Å². The van der Waals surface area contributed by atoms with Crippen LogP contribution in [0.1, 0.15) is 110 Å². The maximum absolute atomic E-state index is 4.35. The molecule has 164 valence electrons. The van der Waals surface area contributed by atoms with E-state index in [1.807, 2.05) is 10.8 Å². The zero-order valence-electron chi connectivity index (χ0n) is 18.3. The van der Waals surface area contributed by atoms with Crippen LogP contribution in [0, 0.1) is 0 Å². The van der Waals surface area contributed by atoms with Gasteiger partial charge >= 0.3 is 0 Å². The van der Waals surface area contributed by atoms with Crippen molar-refractivity contribution < 1.29 is 0 Å². The number of aromatic nitrogens is 4. The Hall–Kier alpha value is -0.750. The molecule has 0 spiro atoms. The van der Waals surface area contributed by atoms with Crippen molar-refractivity contribution in [2.24, 2.45) is 0 Å². The molecule has 2 heterocycles. The quantitative estimate of drug-likeness (QED) is 0.136. The first-order valence-electron chi connectivity index (χ1n) is 11.9. The van der Waals surface area contributed by atoms with Crippen molar-refractivity contribution >= 4 is 32.8 Å². The standard InChI is InChI=1S/C23H40N4S2/c1-2-3-4-5-6-7-8-9-10-11-12-13-14-15-16-17-18-28-29-23-21-22(25-19-24-21)26-20-27-23/h19-20H,2-18H2,1H3,(H,24,25,26,27). The van der Waals surface area contributed by atoms with E-state index in [9.17, 15) is 0 Å². The van der Waals surface area contributed by atoms with Crippen molar-refractivity contribution in [3.05, 3.63) is 12.7 Å². The Kier molecular flexibility index (Phi) is 14.4. The molecule has 6 heteroatoms. The minimum Gasteiger partial charge on any atom is -0.341 e. The van der Waals surface area contributed by atoms with Gasteiger partial charge in [-0.15, -0.1) is 0 Å². The van der Waals surface area contributed by atoms with Crippen molar-refractivity contribution in [3.8, 4) is 0 Å². The van der Waals surface area contributed by atoms with Crippen LogP contribution in [0.2, 0.25) is 0 Å². The van der Waals surface area contributed by atoms with E-state index in [1.54, 1.807) is 23.4 Å². The van der Waals surface area contributed by atoms with Crippen molar-refractivity contribution in [2.45, 2.75) is 115 Å². The van der Waals surface area contributed by atoms with E-state index in [2.05, 4.69) is 26.9 Å². The molecule has 0 fully saturated rings. The lowest BCUT2D eigenvalue weighted by Gasteiger charge is -2.04. The molecule has 0 aliphatic heterocycles. The molecule has 0 aliphatic rings. The second-order valence-corrected chi connectivity index (χ2v) is 10.4. The second-order valence-electron chi connectivity index (χ2n) is 7.99. The largest absolute Gasteiger partial charge is 0.341 e. The zero-order chi connectivity index (χ0) is 20.4. The van der Waals surface area contributed by atoms with Gasteiger partial charge in [0.1, 0.15) is 16.9 Å². The molecule has 29 heavy (non-hydrogen) atoms. The van der Waals surface area contributed by atoms with Crippen LogP contribution in [0.25, 0.3) is 11.2 Å². The molecule has 0 aliphatic carbocycles. The molecule has 0 saturated heterocycles. The van der Waals surface area contributed by atoms with E-state index >= 15 is 0 Å². The lowest BCUT2D eigenvalue weighted by atomic mass is 10.0. The van der Waals surface area contributed by atoms with Gasteiger partial charge in [-0.3, -0.25) is 0 Å². The highest BCUT2D eigenvalue weighted by atomic mass is 33.1. The Bertz CT molecular complexity index is 632. The first kappa shape index (κ1) is 24.5. The van der Waals surface area contributed by atoms with E-state index in [-0.39, 0.29) is 0 Å². The average molecular weight is 437 g/mol. The molecule has 2 aromatic heterocycles. The molecule has 0 radical (unpaired) electrons. The van der Waals surface area contributed by atoms with Gasteiger partial charge in [-0.2, -0.15) is 0 Å². The fourth-order valence-corrected chi connectivity index (χ4v) is 5.77. The molecule has 0 bridgehead atoms. The summed E-state index contributed by atoms with van der Waals surface area (Å²) < 4.78 is 0. The van der Waals surface area contributed by atoms with Crippen LogP contribution < -0.4 is 0 Å². The van der Waals surface area contributed by atoms with Crippen molar-refractivity contribution in [1.82, 2.24) is 19.9 Å². The predicted octanol–water partition coefficient (Wildman–Crippen LogP) is 8.35. The summed E-state index contributed by atoms with van der Waals surface area (Å²) in [5, 5.41) is 0.994. The summed E-state index contributed by atoms with van der Waals surface area (Å²) in [5.41, 5.74) is 1.71. The van der Waals surface area contributed by atoms with Gasteiger partial charge in [-0.25, -0.2) is 15.0 Å². The second kappa shape index (κ2) is 17.0. The molecular weight excluding hydrogens is 396 g/mol. The third kappa shape index (κ3) is 11.3. The van der Waals surface area contributed by atoms with Gasteiger partial charge in [0.05, 0.1) is 6.33 Å². The molecule has 0 amide bonds. The van der Waals surface area contributed by atoms with E-state index in [4.69, 9.17) is 0 Å². The first-order valence-corrected chi connectivity index (χ1v) is 14.2. The normalized spacial score (nSPS) is 11.5. The maximum atomic E-state index is 4.35. The Morgan fingerprint density at radius 3 is 1.83 bits per heavy atom. The SMILES string of the molecule is CCCCCCCCCCCCCCCCCCSSc1ncnc2nc[nH]c12. The Morgan fingerprint density at radius 2 is 1.24 bits per heavy atom. The van der Waals surface area contributed by atoms with Crippen LogP contribution in [0.15, 0.2) is 17.7 Å². The molecule has 0 saturated carbocycles. The van der Waals surface area contributed by atoms with Crippen LogP contribution in [-0.4, -0.2) is 25.7 Å². The van der Waals surface area contributed by atoms with Gasteiger partial charge in [-0.1, -0.05) is 114 Å². The van der Waals surface area contributed by atoms with Gasteiger partial charge in [0.15, 0.2) is 5.65 Å². The number of imidazole rings is 1. The summed E-state index contributed by atoms with van der Waals surface area (Å²) in [5.74, 6) is 1.18. The highest BCUT2D eigenvalue weighted by Crippen LogP contribution is 2.33. The van der Waals surface area contributed by atoms with Gasteiger partial charge in [0, 0.05) is 5.75 Å². The van der Waals surface area contributed by atoms with Gasteiger partial charge in [0.25, 0.3) is 0 Å². The Labute approximate surface area is 185 Å². The van der Waals surface area contributed by atoms with Crippen LogP contribution in [0.5, 0.6) is 0 Å². The fourth-order valence-electron chi connectivity index (χ4n) is 3.61. The number of H-pyrrole nitrogens is 1. The van der Waals surface area contributed by atoms with Gasteiger partial charge in [-0.05, 0) is 17.2 Å².